The van der Waals surface area contributed by atoms with Gasteiger partial charge in [-0.1, -0.05) is 53.2 Å². The molecule has 2 aliphatic heterocycles. The summed E-state index contributed by atoms with van der Waals surface area (Å²) < 4.78 is 11.1. The number of hydrogen-bond acceptors (Lipinski definition) is 6. The van der Waals surface area contributed by atoms with E-state index in [1.807, 2.05) is 60.4 Å². The maximum Gasteiger partial charge on any atom is 0.241 e. The van der Waals surface area contributed by atoms with Crippen LogP contribution in [0.4, 0.5) is 0 Å². The Balaban J connectivity index is 1.24. The smallest absolute Gasteiger partial charge is 0.241 e. The Labute approximate surface area is 204 Å². The number of aryl methyl sites for hydroxylation is 1. The van der Waals surface area contributed by atoms with Crippen molar-refractivity contribution in [2.45, 2.75) is 31.7 Å². The molecule has 8 heteroatoms. The fourth-order valence-electron chi connectivity index (χ4n) is 4.97. The molecule has 0 radical (unpaired) electrons. The molecule has 5 rings (SSSR count). The predicted molar refractivity (Wildman–Crippen MR) is 130 cm³/mol. The van der Waals surface area contributed by atoms with Gasteiger partial charge in [-0.15, -0.1) is 0 Å². The number of benzene rings is 2. The fraction of sp³-hybridized carbons (Fsp3) is 0.423. The molecule has 2 aromatic carbocycles. The number of halogens is 1. The van der Waals surface area contributed by atoms with Crippen molar-refractivity contribution in [3.63, 3.8) is 0 Å². The standard InChI is InChI=1S/C26H29ClN4O3/c1-19-4-2-3-5-22(19)24-28-23(34-29-24)18-30-12-14-31(15-13-30)25(32)26(10-16-33-17-11-26)20-6-8-21(27)9-7-20/h2-9H,10-18H2,1H3. The second kappa shape index (κ2) is 9.86. The number of carbonyl (C=O) groups is 1. The van der Waals surface area contributed by atoms with Gasteiger partial charge < -0.3 is 14.2 Å². The van der Waals surface area contributed by atoms with Gasteiger partial charge in [0.15, 0.2) is 0 Å². The summed E-state index contributed by atoms with van der Waals surface area (Å²) in [5.74, 6) is 1.41. The van der Waals surface area contributed by atoms with Gasteiger partial charge in [-0.05, 0) is 43.0 Å². The summed E-state index contributed by atoms with van der Waals surface area (Å²) in [6.45, 7) is 6.68. The second-order valence-corrected chi connectivity index (χ2v) is 9.53. The van der Waals surface area contributed by atoms with Crippen LogP contribution in [-0.4, -0.2) is 65.2 Å². The van der Waals surface area contributed by atoms with Gasteiger partial charge in [-0.25, -0.2) is 0 Å². The first-order valence-electron chi connectivity index (χ1n) is 11.8. The minimum absolute atomic E-state index is 0.192. The summed E-state index contributed by atoms with van der Waals surface area (Å²) in [7, 11) is 0. The molecule has 0 spiro atoms. The quantitative estimate of drug-likeness (QED) is 0.547. The van der Waals surface area contributed by atoms with Crippen LogP contribution in [0, 0.1) is 6.92 Å². The van der Waals surface area contributed by atoms with Gasteiger partial charge in [0.25, 0.3) is 0 Å². The molecule has 0 atom stereocenters. The van der Waals surface area contributed by atoms with Crippen molar-refractivity contribution in [1.29, 1.82) is 0 Å². The van der Waals surface area contributed by atoms with E-state index in [9.17, 15) is 4.79 Å². The Bertz CT molecular complexity index is 1130. The van der Waals surface area contributed by atoms with Crippen LogP contribution in [0.25, 0.3) is 11.4 Å². The predicted octanol–water partition coefficient (Wildman–Crippen LogP) is 4.09. The third-order valence-electron chi connectivity index (χ3n) is 7.02. The van der Waals surface area contributed by atoms with Crippen molar-refractivity contribution in [3.05, 3.63) is 70.6 Å². The van der Waals surface area contributed by atoms with E-state index in [-0.39, 0.29) is 5.91 Å². The molecule has 0 N–H and O–H groups in total. The van der Waals surface area contributed by atoms with Crippen LogP contribution in [0.15, 0.2) is 53.1 Å². The summed E-state index contributed by atoms with van der Waals surface area (Å²) >= 11 is 6.11. The van der Waals surface area contributed by atoms with Gasteiger partial charge >= 0.3 is 0 Å². The lowest BCUT2D eigenvalue weighted by molar-refractivity contribution is -0.143. The molecule has 2 fully saturated rings. The summed E-state index contributed by atoms with van der Waals surface area (Å²) in [5, 5.41) is 4.85. The van der Waals surface area contributed by atoms with Gasteiger partial charge in [0.1, 0.15) is 0 Å². The Hall–Kier alpha value is -2.74. The van der Waals surface area contributed by atoms with Crippen LogP contribution in [-0.2, 0) is 21.5 Å². The van der Waals surface area contributed by atoms with Gasteiger partial charge in [0.05, 0.1) is 12.0 Å². The van der Waals surface area contributed by atoms with Crippen molar-refractivity contribution < 1.29 is 14.1 Å². The monoisotopic (exact) mass is 480 g/mol. The average Bonchev–Trinajstić information content (AvgIpc) is 3.33. The summed E-state index contributed by atoms with van der Waals surface area (Å²) in [4.78, 5) is 22.7. The topological polar surface area (TPSA) is 71.7 Å². The van der Waals surface area contributed by atoms with Gasteiger partial charge in [-0.3, -0.25) is 9.69 Å². The van der Waals surface area contributed by atoms with Crippen molar-refractivity contribution in [1.82, 2.24) is 19.9 Å². The number of ether oxygens (including phenoxy) is 1. The summed E-state index contributed by atoms with van der Waals surface area (Å²) in [5.41, 5.74) is 2.59. The Kier molecular flexibility index (Phi) is 6.68. The average molecular weight is 481 g/mol. The molecule has 2 saturated heterocycles. The van der Waals surface area contributed by atoms with Crippen molar-refractivity contribution in [2.24, 2.45) is 0 Å². The number of hydrogen-bond donors (Lipinski definition) is 0. The molecule has 0 saturated carbocycles. The zero-order valence-electron chi connectivity index (χ0n) is 19.4. The number of amides is 1. The lowest BCUT2D eigenvalue weighted by Gasteiger charge is -2.43. The number of aromatic nitrogens is 2. The lowest BCUT2D eigenvalue weighted by atomic mass is 9.73. The maximum absolute atomic E-state index is 13.8. The molecule has 0 aliphatic carbocycles. The largest absolute Gasteiger partial charge is 0.381 e. The molecule has 0 bridgehead atoms. The van der Waals surface area contributed by atoms with E-state index in [4.69, 9.17) is 20.9 Å². The first-order chi connectivity index (χ1) is 16.5. The molecule has 1 amide bonds. The molecule has 3 heterocycles. The highest BCUT2D eigenvalue weighted by Gasteiger charge is 2.44. The van der Waals surface area contributed by atoms with Crippen molar-refractivity contribution in [2.75, 3.05) is 39.4 Å². The fourth-order valence-corrected chi connectivity index (χ4v) is 5.10. The zero-order chi connectivity index (χ0) is 23.5. The van der Waals surface area contributed by atoms with E-state index in [2.05, 4.69) is 15.0 Å². The van der Waals surface area contributed by atoms with Gasteiger partial charge in [0.2, 0.25) is 17.6 Å². The van der Waals surface area contributed by atoms with Crippen LogP contribution in [0.3, 0.4) is 0 Å². The zero-order valence-corrected chi connectivity index (χ0v) is 20.1. The first-order valence-corrected chi connectivity index (χ1v) is 12.2. The van der Waals surface area contributed by atoms with E-state index < -0.39 is 5.41 Å². The van der Waals surface area contributed by atoms with Crippen LogP contribution in [0.5, 0.6) is 0 Å². The molecule has 7 nitrogen and oxygen atoms in total. The Morgan fingerprint density at radius 2 is 1.74 bits per heavy atom. The molecule has 0 unspecified atom stereocenters. The lowest BCUT2D eigenvalue weighted by Crippen LogP contribution is -2.55. The van der Waals surface area contributed by atoms with E-state index in [1.54, 1.807) is 0 Å². The highest BCUT2D eigenvalue weighted by Crippen LogP contribution is 2.37. The van der Waals surface area contributed by atoms with E-state index in [1.165, 1.54) is 0 Å². The highest BCUT2D eigenvalue weighted by molar-refractivity contribution is 6.30. The molecule has 3 aromatic rings. The number of nitrogens with zero attached hydrogens (tertiary/aromatic N) is 4. The minimum atomic E-state index is -0.542. The van der Waals surface area contributed by atoms with Crippen LogP contribution < -0.4 is 0 Å². The number of piperazine rings is 1. The van der Waals surface area contributed by atoms with Gasteiger partial charge in [0, 0.05) is 50.0 Å². The third-order valence-corrected chi connectivity index (χ3v) is 7.28. The van der Waals surface area contributed by atoms with E-state index >= 15 is 0 Å². The molecule has 34 heavy (non-hydrogen) atoms. The van der Waals surface area contributed by atoms with Crippen LogP contribution in [0.1, 0.15) is 29.9 Å². The van der Waals surface area contributed by atoms with E-state index in [0.29, 0.717) is 62.4 Å². The number of carbonyl (C=O) groups excluding carboxylic acids is 1. The Morgan fingerprint density at radius 3 is 2.44 bits per heavy atom. The SMILES string of the molecule is Cc1ccccc1-c1noc(CN2CCN(C(=O)C3(c4ccc(Cl)cc4)CCOCC3)CC2)n1. The minimum Gasteiger partial charge on any atom is -0.381 e. The molecule has 1 aromatic heterocycles. The summed E-state index contributed by atoms with van der Waals surface area (Å²) in [6, 6.07) is 15.7. The molecule has 178 valence electrons. The first kappa shape index (κ1) is 23.0. The highest BCUT2D eigenvalue weighted by atomic mass is 35.5. The number of rotatable bonds is 5. The second-order valence-electron chi connectivity index (χ2n) is 9.10. The van der Waals surface area contributed by atoms with Crippen LogP contribution >= 0.6 is 11.6 Å². The van der Waals surface area contributed by atoms with Gasteiger partial charge in [-0.2, -0.15) is 4.98 Å². The third kappa shape index (κ3) is 4.60. The van der Waals surface area contributed by atoms with Crippen LogP contribution in [0.2, 0.25) is 5.02 Å². The summed E-state index contributed by atoms with van der Waals surface area (Å²) in [6.07, 6.45) is 1.38. The molecular formula is C26H29ClN4O3. The van der Waals surface area contributed by atoms with E-state index in [0.717, 1.165) is 29.8 Å². The molecular weight excluding hydrogens is 452 g/mol. The van der Waals surface area contributed by atoms with Crippen molar-refractivity contribution in [3.8, 4) is 11.4 Å². The maximum atomic E-state index is 13.8. The Morgan fingerprint density at radius 1 is 1.03 bits per heavy atom. The van der Waals surface area contributed by atoms with Crippen molar-refractivity contribution >= 4 is 17.5 Å². The normalized spacial score (nSPS) is 18.7. The molecule has 2 aliphatic rings.